The van der Waals surface area contributed by atoms with Crippen LogP contribution in [0.15, 0.2) is 9.98 Å². The molecule has 5 heteroatoms. The van der Waals surface area contributed by atoms with Gasteiger partial charge < -0.3 is 4.90 Å². The highest BCUT2D eigenvalue weighted by Crippen LogP contribution is 2.21. The summed E-state index contributed by atoms with van der Waals surface area (Å²) in [6.07, 6.45) is 3.91. The summed E-state index contributed by atoms with van der Waals surface area (Å²) in [4.78, 5) is 18.2. The summed E-state index contributed by atoms with van der Waals surface area (Å²) < 4.78 is 0.902. The maximum absolute atomic E-state index is 12.2. The molecule has 0 bridgehead atoms. The van der Waals surface area contributed by atoms with Crippen LogP contribution in [0.4, 0.5) is 0 Å². The topological polar surface area (TPSA) is 33.2 Å². The van der Waals surface area contributed by atoms with E-state index in [1.165, 1.54) is 11.3 Å². The fraction of sp³-hybridized carbons (Fsp3) is 0.667. The molecule has 1 amide bonds. The van der Waals surface area contributed by atoms with Gasteiger partial charge in [-0.1, -0.05) is 26.7 Å². The molecule has 0 fully saturated rings. The smallest absolute Gasteiger partial charge is 0.282 e. The zero-order chi connectivity index (χ0) is 12.8. The van der Waals surface area contributed by atoms with Gasteiger partial charge in [-0.25, -0.2) is 4.98 Å². The summed E-state index contributed by atoms with van der Waals surface area (Å²) in [6.45, 7) is 7.94. The van der Waals surface area contributed by atoms with Crippen LogP contribution >= 0.6 is 27.3 Å². The first-order valence-corrected chi connectivity index (χ1v) is 7.63. The van der Waals surface area contributed by atoms with Gasteiger partial charge in [0.2, 0.25) is 0 Å². The van der Waals surface area contributed by atoms with Crippen LogP contribution in [-0.2, 0) is 0 Å². The number of carbonyl (C=O) groups is 1. The molecular weight excluding hydrogens is 300 g/mol. The number of hydrogen-bond donors (Lipinski definition) is 0. The zero-order valence-corrected chi connectivity index (χ0v) is 13.0. The third-order valence-corrected chi connectivity index (χ3v) is 4.43. The van der Waals surface area contributed by atoms with Gasteiger partial charge in [0.1, 0.15) is 0 Å². The van der Waals surface area contributed by atoms with E-state index < -0.39 is 0 Å². The number of halogens is 1. The second-order valence-corrected chi connectivity index (χ2v) is 6.41. The molecule has 1 aromatic rings. The first-order valence-electron chi connectivity index (χ1n) is 6.02. The number of amides is 1. The van der Waals surface area contributed by atoms with Crippen molar-refractivity contribution in [3.8, 4) is 0 Å². The van der Waals surface area contributed by atoms with Crippen molar-refractivity contribution in [1.82, 2.24) is 9.88 Å². The lowest BCUT2D eigenvalue weighted by Gasteiger charge is -2.24. The van der Waals surface area contributed by atoms with Gasteiger partial charge in [-0.2, -0.15) is 0 Å². The fourth-order valence-electron chi connectivity index (χ4n) is 1.70. The van der Waals surface area contributed by atoms with Crippen LogP contribution < -0.4 is 0 Å². The Kier molecular flexibility index (Phi) is 6.12. The predicted molar refractivity (Wildman–Crippen MR) is 75.5 cm³/mol. The number of aromatic nitrogens is 1. The number of nitrogens with zero attached hydrogens (tertiary/aromatic N) is 2. The maximum atomic E-state index is 12.2. The van der Waals surface area contributed by atoms with E-state index in [-0.39, 0.29) is 5.91 Å². The van der Waals surface area contributed by atoms with E-state index in [1.807, 2.05) is 11.8 Å². The number of thiazole rings is 1. The molecule has 96 valence electrons. The minimum Gasteiger partial charge on any atom is -0.337 e. The Labute approximate surface area is 115 Å². The van der Waals surface area contributed by atoms with Crippen LogP contribution in [-0.4, -0.2) is 28.9 Å². The highest BCUT2D eigenvalue weighted by molar-refractivity contribution is 9.11. The molecule has 0 atom stereocenters. The fourth-order valence-corrected chi connectivity index (χ4v) is 2.88. The number of carbonyl (C=O) groups excluding carboxylic acids is 1. The molecule has 1 aromatic heterocycles. The Balaban J connectivity index is 2.70. The lowest BCUT2D eigenvalue weighted by Crippen LogP contribution is -2.35. The summed E-state index contributed by atoms with van der Waals surface area (Å²) in [6, 6.07) is 0. The van der Waals surface area contributed by atoms with E-state index in [2.05, 4.69) is 34.8 Å². The minimum atomic E-state index is 0.0510. The van der Waals surface area contributed by atoms with Gasteiger partial charge in [-0.15, -0.1) is 11.3 Å². The molecule has 0 radical (unpaired) electrons. The van der Waals surface area contributed by atoms with E-state index in [0.717, 1.165) is 29.7 Å². The lowest BCUT2D eigenvalue weighted by atomic mass is 10.0. The molecule has 0 saturated carbocycles. The van der Waals surface area contributed by atoms with Crippen molar-refractivity contribution < 1.29 is 4.79 Å². The van der Waals surface area contributed by atoms with Crippen LogP contribution in [0, 0.1) is 5.92 Å². The lowest BCUT2D eigenvalue weighted by molar-refractivity contribution is 0.0734. The highest BCUT2D eigenvalue weighted by atomic mass is 79.9. The molecule has 1 rings (SSSR count). The Morgan fingerprint density at radius 1 is 1.47 bits per heavy atom. The van der Waals surface area contributed by atoms with E-state index in [0.29, 0.717) is 10.9 Å². The van der Waals surface area contributed by atoms with Crippen molar-refractivity contribution in [1.29, 1.82) is 0 Å². The highest BCUT2D eigenvalue weighted by Gasteiger charge is 2.19. The van der Waals surface area contributed by atoms with Gasteiger partial charge >= 0.3 is 0 Å². The van der Waals surface area contributed by atoms with Crippen LogP contribution in [0.3, 0.4) is 0 Å². The Morgan fingerprint density at radius 2 is 2.12 bits per heavy atom. The Hall–Kier alpha value is -0.420. The van der Waals surface area contributed by atoms with Crippen molar-refractivity contribution in [2.45, 2.75) is 33.6 Å². The van der Waals surface area contributed by atoms with Crippen LogP contribution in [0.2, 0.25) is 0 Å². The van der Waals surface area contributed by atoms with Crippen LogP contribution in [0.5, 0.6) is 0 Å². The second-order valence-electron chi connectivity index (χ2n) is 4.00. The molecule has 0 N–H and O–H groups in total. The Morgan fingerprint density at radius 3 is 2.53 bits per heavy atom. The molecule has 0 aliphatic carbocycles. The summed E-state index contributed by atoms with van der Waals surface area (Å²) in [5.74, 6) is 0.636. The van der Waals surface area contributed by atoms with Crippen molar-refractivity contribution >= 4 is 33.2 Å². The average Bonchev–Trinajstić information content (AvgIpc) is 2.77. The summed E-state index contributed by atoms with van der Waals surface area (Å²) in [5, 5.41) is 0.574. The van der Waals surface area contributed by atoms with Crippen LogP contribution in [0.25, 0.3) is 0 Å². The standard InChI is InChI=1S/C12H19BrN2OS/c1-4-9(5-2)8-15(6-3)12(16)11-14-7-10(13)17-11/h7,9H,4-6,8H2,1-3H3. The summed E-state index contributed by atoms with van der Waals surface area (Å²) >= 11 is 4.73. The van der Waals surface area contributed by atoms with Gasteiger partial charge in [0.25, 0.3) is 5.91 Å². The molecule has 0 aromatic carbocycles. The minimum absolute atomic E-state index is 0.0510. The molecular formula is C12H19BrN2OS. The number of hydrogen-bond acceptors (Lipinski definition) is 3. The molecule has 0 saturated heterocycles. The molecule has 1 heterocycles. The molecule has 0 unspecified atom stereocenters. The van der Waals surface area contributed by atoms with Crippen molar-refractivity contribution in [2.24, 2.45) is 5.92 Å². The van der Waals surface area contributed by atoms with Crippen molar-refractivity contribution in [2.75, 3.05) is 13.1 Å². The van der Waals surface area contributed by atoms with Crippen molar-refractivity contribution in [3.63, 3.8) is 0 Å². The normalized spacial score (nSPS) is 10.9. The van der Waals surface area contributed by atoms with Crippen molar-refractivity contribution in [3.05, 3.63) is 15.0 Å². The zero-order valence-electron chi connectivity index (χ0n) is 10.6. The molecule has 0 aliphatic rings. The van der Waals surface area contributed by atoms with Crippen LogP contribution in [0.1, 0.15) is 43.4 Å². The maximum Gasteiger partial charge on any atom is 0.282 e. The quantitative estimate of drug-likeness (QED) is 0.799. The third kappa shape index (κ3) is 4.07. The molecule has 0 spiro atoms. The van der Waals surface area contributed by atoms with Gasteiger partial charge in [-0.3, -0.25) is 4.79 Å². The molecule has 3 nitrogen and oxygen atoms in total. The first kappa shape index (κ1) is 14.6. The van der Waals surface area contributed by atoms with E-state index in [9.17, 15) is 4.79 Å². The largest absolute Gasteiger partial charge is 0.337 e. The van der Waals surface area contributed by atoms with E-state index in [1.54, 1.807) is 6.20 Å². The molecule has 17 heavy (non-hydrogen) atoms. The Bertz CT molecular complexity index is 363. The SMILES string of the molecule is CCC(CC)CN(CC)C(=O)c1ncc(Br)s1. The predicted octanol–water partition coefficient (Wildman–Crippen LogP) is 3.80. The van der Waals surface area contributed by atoms with Gasteiger partial charge in [-0.05, 0) is 28.8 Å². The second kappa shape index (κ2) is 7.11. The van der Waals surface area contributed by atoms with Gasteiger partial charge in [0, 0.05) is 13.1 Å². The average molecular weight is 319 g/mol. The summed E-state index contributed by atoms with van der Waals surface area (Å²) in [5.41, 5.74) is 0. The molecule has 0 aliphatic heterocycles. The van der Waals surface area contributed by atoms with E-state index >= 15 is 0 Å². The van der Waals surface area contributed by atoms with E-state index in [4.69, 9.17) is 0 Å². The monoisotopic (exact) mass is 318 g/mol. The number of rotatable bonds is 6. The van der Waals surface area contributed by atoms with Gasteiger partial charge in [0.15, 0.2) is 5.01 Å². The summed E-state index contributed by atoms with van der Waals surface area (Å²) in [7, 11) is 0. The first-order chi connectivity index (χ1) is 8.12. The third-order valence-electron chi connectivity index (χ3n) is 2.96. The van der Waals surface area contributed by atoms with Gasteiger partial charge in [0.05, 0.1) is 9.98 Å².